The number of piperazine rings is 1. The Bertz CT molecular complexity index is 2050. The van der Waals surface area contributed by atoms with Crippen LogP contribution in [0.2, 0.25) is 5.02 Å². The minimum absolute atomic E-state index is 0.0804. The van der Waals surface area contributed by atoms with Gasteiger partial charge in [0.2, 0.25) is 11.8 Å². The Labute approximate surface area is 316 Å². The van der Waals surface area contributed by atoms with Gasteiger partial charge in [0.1, 0.15) is 23.6 Å². The molecule has 2 aliphatic rings. The summed E-state index contributed by atoms with van der Waals surface area (Å²) in [5.74, 6) is -3.89. The van der Waals surface area contributed by atoms with E-state index in [9.17, 15) is 19.2 Å². The van der Waals surface area contributed by atoms with Gasteiger partial charge >= 0.3 is 0 Å². The predicted molar refractivity (Wildman–Crippen MR) is 202 cm³/mol. The highest BCUT2D eigenvalue weighted by Gasteiger charge is 2.45. The van der Waals surface area contributed by atoms with E-state index in [1.165, 1.54) is 16.5 Å². The fourth-order valence-corrected chi connectivity index (χ4v) is 7.67. The number of carbonyl (C=O) groups excluding carboxylic acids is 3. The molecule has 0 aliphatic carbocycles. The topological polar surface area (TPSA) is 145 Å². The third-order valence-corrected chi connectivity index (χ3v) is 10.7. The first-order valence-corrected chi connectivity index (χ1v) is 18.3. The number of likely N-dealkylation sites (N-methyl/N-ethyl adjacent to an activating group) is 1. The van der Waals surface area contributed by atoms with Crippen molar-refractivity contribution in [3.8, 4) is 16.9 Å². The first-order valence-electron chi connectivity index (χ1n) is 17.9. The van der Waals surface area contributed by atoms with Gasteiger partial charge in [-0.15, -0.1) is 0 Å². The number of methoxy groups -OCH3 is 1. The number of anilines is 1. The molecule has 2 unspecified atom stereocenters. The Hall–Kier alpha value is -4.86. The summed E-state index contributed by atoms with van der Waals surface area (Å²) in [5, 5.41) is 13.7. The summed E-state index contributed by atoms with van der Waals surface area (Å²) in [6, 6.07) is 9.75. The van der Waals surface area contributed by atoms with Crippen molar-refractivity contribution in [3.05, 3.63) is 75.3 Å². The van der Waals surface area contributed by atoms with Crippen LogP contribution >= 0.6 is 11.6 Å². The smallest absolute Gasteiger partial charge is 0.276 e. The van der Waals surface area contributed by atoms with E-state index in [4.69, 9.17) is 16.3 Å². The number of aromatic nitrogens is 3. The average molecular weight is 767 g/mol. The molecule has 2 saturated heterocycles. The number of nitrogens with zero attached hydrogens (tertiary/aromatic N) is 5. The van der Waals surface area contributed by atoms with Crippen LogP contribution in [0.4, 0.5) is 14.5 Å². The SMILES string of the molecule is CNC(=O)C(CCC=O)Nc1ccc(C2CCN(CC(=O)N3CCN(Cc4c(Cl)cc(-c5cn(C)c(=O)c6[nH]ncc56)cc4OC)CC3)CC2(F)F)cc1. The molecule has 0 radical (unpaired) electrons. The number of hydrogen-bond acceptors (Lipinski definition) is 9. The monoisotopic (exact) mass is 766 g/mol. The van der Waals surface area contributed by atoms with Gasteiger partial charge < -0.3 is 29.6 Å². The number of alkyl halides is 2. The lowest BCUT2D eigenvalue weighted by Crippen LogP contribution is -2.54. The van der Waals surface area contributed by atoms with Crippen LogP contribution in [-0.4, -0.2) is 119 Å². The summed E-state index contributed by atoms with van der Waals surface area (Å²) in [6.07, 6.45) is 4.83. The maximum atomic E-state index is 15.5. The van der Waals surface area contributed by atoms with E-state index in [1.807, 2.05) is 12.1 Å². The second-order valence-corrected chi connectivity index (χ2v) is 14.3. The van der Waals surface area contributed by atoms with Gasteiger partial charge in [0.25, 0.3) is 11.5 Å². The number of ether oxygens (including phenoxy) is 1. The number of halogens is 3. The highest BCUT2D eigenvalue weighted by Crippen LogP contribution is 2.41. The van der Waals surface area contributed by atoms with Gasteiger partial charge in [0, 0.05) is 86.7 Å². The number of pyridine rings is 1. The Morgan fingerprint density at radius 1 is 1.13 bits per heavy atom. The molecular weight excluding hydrogens is 722 g/mol. The number of carbonyl (C=O) groups is 3. The van der Waals surface area contributed by atoms with Gasteiger partial charge in [-0.25, -0.2) is 8.78 Å². The molecule has 13 nitrogen and oxygen atoms in total. The van der Waals surface area contributed by atoms with Gasteiger partial charge in [-0.05, 0) is 54.8 Å². The maximum Gasteiger partial charge on any atom is 0.276 e. The van der Waals surface area contributed by atoms with E-state index in [0.29, 0.717) is 78.6 Å². The number of benzene rings is 2. The summed E-state index contributed by atoms with van der Waals surface area (Å²) in [7, 11) is 4.77. The first kappa shape index (κ1) is 38.9. The van der Waals surface area contributed by atoms with Crippen molar-refractivity contribution in [1.82, 2.24) is 34.8 Å². The van der Waals surface area contributed by atoms with Crippen LogP contribution in [-0.2, 0) is 28.0 Å². The first-order chi connectivity index (χ1) is 25.9. The van der Waals surface area contributed by atoms with E-state index in [-0.39, 0.29) is 36.8 Å². The Balaban J connectivity index is 1.02. The summed E-state index contributed by atoms with van der Waals surface area (Å²) >= 11 is 6.84. The third kappa shape index (κ3) is 8.43. The highest BCUT2D eigenvalue weighted by atomic mass is 35.5. The van der Waals surface area contributed by atoms with E-state index in [1.54, 1.807) is 55.7 Å². The number of likely N-dealkylation sites (tertiary alicyclic amines) is 1. The number of aldehydes is 1. The number of piperidine rings is 1. The average Bonchev–Trinajstić information content (AvgIpc) is 3.66. The zero-order valence-corrected chi connectivity index (χ0v) is 31.3. The number of aryl methyl sites for hydroxylation is 1. The summed E-state index contributed by atoms with van der Waals surface area (Å²) in [4.78, 5) is 54.3. The summed E-state index contributed by atoms with van der Waals surface area (Å²) < 4.78 is 38.3. The molecular formula is C38H45ClF2N8O5. The van der Waals surface area contributed by atoms with Crippen molar-refractivity contribution < 1.29 is 27.9 Å². The van der Waals surface area contributed by atoms with Crippen molar-refractivity contribution in [3.63, 3.8) is 0 Å². The number of rotatable bonds is 13. The quantitative estimate of drug-likeness (QED) is 0.173. The Kier molecular flexibility index (Phi) is 12.0. The van der Waals surface area contributed by atoms with Crippen LogP contribution < -0.4 is 20.9 Å². The summed E-state index contributed by atoms with van der Waals surface area (Å²) in [6.45, 7) is 2.31. The molecule has 54 heavy (non-hydrogen) atoms. The van der Waals surface area contributed by atoms with Crippen molar-refractivity contribution in [2.24, 2.45) is 7.05 Å². The van der Waals surface area contributed by atoms with Crippen LogP contribution in [0, 0.1) is 0 Å². The zero-order valence-electron chi connectivity index (χ0n) is 30.5. The van der Waals surface area contributed by atoms with Crippen molar-refractivity contribution >= 4 is 46.3 Å². The van der Waals surface area contributed by atoms with E-state index in [2.05, 4.69) is 25.7 Å². The molecule has 0 spiro atoms. The highest BCUT2D eigenvalue weighted by molar-refractivity contribution is 6.32. The second kappa shape index (κ2) is 16.7. The number of hydrogen-bond donors (Lipinski definition) is 3. The standard InChI is InChI=1S/C38H45ClF2N8O5/c1-42-36(52)32(5-4-16-50)44-26-8-6-24(7-9-26)30-10-11-48(23-38(30,40)41)22-34(51)49-14-12-47(13-15-49)21-29-31(39)17-25(18-33(29)54-3)28-20-46(2)37(53)35-27(28)19-43-45-35/h6-9,16-20,30,32,44H,4-5,10-15,21-23H2,1-3H3,(H,42,52)(H,43,45). The van der Waals surface area contributed by atoms with Crippen LogP contribution in [0.15, 0.2) is 53.6 Å². The van der Waals surface area contributed by atoms with E-state index < -0.39 is 24.4 Å². The number of aromatic amines is 1. The van der Waals surface area contributed by atoms with E-state index in [0.717, 1.165) is 23.0 Å². The molecule has 6 rings (SSSR count). The van der Waals surface area contributed by atoms with Crippen molar-refractivity contribution in [2.45, 2.75) is 43.7 Å². The number of fused-ring (bicyclic) bond motifs is 1. The van der Waals surface area contributed by atoms with Crippen molar-refractivity contribution in [2.75, 3.05) is 65.3 Å². The molecule has 2 aromatic carbocycles. The van der Waals surface area contributed by atoms with Crippen LogP contribution in [0.3, 0.4) is 0 Å². The number of H-pyrrole nitrogens is 1. The van der Waals surface area contributed by atoms with Gasteiger partial charge in [0.15, 0.2) is 0 Å². The molecule has 2 aromatic heterocycles. The molecule has 3 N–H and O–H groups in total. The third-order valence-electron chi connectivity index (χ3n) is 10.4. The molecule has 2 fully saturated rings. The number of nitrogens with one attached hydrogen (secondary N) is 3. The van der Waals surface area contributed by atoms with Crippen molar-refractivity contribution in [1.29, 1.82) is 0 Å². The van der Waals surface area contributed by atoms with Gasteiger partial charge in [-0.1, -0.05) is 23.7 Å². The molecule has 4 heterocycles. The lowest BCUT2D eigenvalue weighted by molar-refractivity contribution is -0.138. The normalized spacial score (nSPS) is 18.3. The number of amides is 2. The van der Waals surface area contributed by atoms with Crippen LogP contribution in [0.5, 0.6) is 5.75 Å². The molecule has 16 heteroatoms. The van der Waals surface area contributed by atoms with Crippen LogP contribution in [0.1, 0.15) is 36.3 Å². The van der Waals surface area contributed by atoms with Gasteiger partial charge in [-0.2, -0.15) is 5.10 Å². The molecule has 288 valence electrons. The fourth-order valence-electron chi connectivity index (χ4n) is 7.40. The fraction of sp³-hybridized carbons (Fsp3) is 0.447. The lowest BCUT2D eigenvalue weighted by atomic mass is 9.86. The van der Waals surface area contributed by atoms with E-state index >= 15 is 8.78 Å². The summed E-state index contributed by atoms with van der Waals surface area (Å²) in [5.41, 5.74) is 3.67. The molecule has 2 atom stereocenters. The predicted octanol–water partition coefficient (Wildman–Crippen LogP) is 3.87. The Morgan fingerprint density at radius 3 is 2.54 bits per heavy atom. The molecule has 2 aliphatic heterocycles. The molecule has 2 amide bonds. The minimum atomic E-state index is -3.05. The molecule has 0 bridgehead atoms. The lowest BCUT2D eigenvalue weighted by Gasteiger charge is -2.40. The largest absolute Gasteiger partial charge is 0.496 e. The Morgan fingerprint density at radius 2 is 1.87 bits per heavy atom. The second-order valence-electron chi connectivity index (χ2n) is 13.9. The van der Waals surface area contributed by atoms with Gasteiger partial charge in [0.05, 0.1) is 32.3 Å². The molecule has 4 aromatic rings. The molecule has 0 saturated carbocycles. The maximum absolute atomic E-state index is 15.5. The minimum Gasteiger partial charge on any atom is -0.496 e. The van der Waals surface area contributed by atoms with Gasteiger partial charge in [-0.3, -0.25) is 29.3 Å². The zero-order chi connectivity index (χ0) is 38.6. The van der Waals surface area contributed by atoms with Crippen LogP contribution in [0.25, 0.3) is 22.0 Å².